The van der Waals surface area contributed by atoms with Gasteiger partial charge in [-0.3, -0.25) is 14.7 Å². The SMILES string of the molecule is CN(C)[C@@H](C(=O)N1CCN(c2ccncc2)CC1)c1ccccc1F. The largest absolute Gasteiger partial charge is 0.368 e. The summed E-state index contributed by atoms with van der Waals surface area (Å²) in [4.78, 5) is 22.9. The first-order chi connectivity index (χ1) is 12.1. The fourth-order valence-corrected chi connectivity index (χ4v) is 3.24. The molecular formula is C19H23FN4O. The summed E-state index contributed by atoms with van der Waals surface area (Å²) in [6.45, 7) is 2.76. The zero-order valence-corrected chi connectivity index (χ0v) is 14.6. The van der Waals surface area contributed by atoms with Gasteiger partial charge in [-0.2, -0.15) is 0 Å². The van der Waals surface area contributed by atoms with Gasteiger partial charge in [-0.1, -0.05) is 18.2 Å². The van der Waals surface area contributed by atoms with E-state index < -0.39 is 6.04 Å². The van der Waals surface area contributed by atoms with Gasteiger partial charge in [-0.15, -0.1) is 0 Å². The first kappa shape index (κ1) is 17.4. The van der Waals surface area contributed by atoms with Crippen LogP contribution in [0.1, 0.15) is 11.6 Å². The van der Waals surface area contributed by atoms with Crippen molar-refractivity contribution in [3.63, 3.8) is 0 Å². The molecule has 3 rings (SSSR count). The molecule has 6 heteroatoms. The zero-order valence-electron chi connectivity index (χ0n) is 14.6. The van der Waals surface area contributed by atoms with Crippen LogP contribution in [0.2, 0.25) is 0 Å². The highest BCUT2D eigenvalue weighted by Gasteiger charge is 2.31. The zero-order chi connectivity index (χ0) is 17.8. The van der Waals surface area contributed by atoms with Crippen molar-refractivity contribution < 1.29 is 9.18 Å². The molecule has 1 fully saturated rings. The van der Waals surface area contributed by atoms with E-state index in [0.29, 0.717) is 18.7 Å². The third-order valence-corrected chi connectivity index (χ3v) is 4.57. The number of benzene rings is 1. The van der Waals surface area contributed by atoms with E-state index in [-0.39, 0.29) is 11.7 Å². The molecule has 0 unspecified atom stereocenters. The van der Waals surface area contributed by atoms with Gasteiger partial charge < -0.3 is 9.80 Å². The van der Waals surface area contributed by atoms with Crippen LogP contribution in [-0.4, -0.2) is 61.0 Å². The number of rotatable bonds is 4. The van der Waals surface area contributed by atoms with Gasteiger partial charge in [0.2, 0.25) is 5.91 Å². The van der Waals surface area contributed by atoms with Gasteiger partial charge in [0.15, 0.2) is 0 Å². The lowest BCUT2D eigenvalue weighted by molar-refractivity contribution is -0.136. The van der Waals surface area contributed by atoms with Crippen LogP contribution >= 0.6 is 0 Å². The number of anilines is 1. The number of likely N-dealkylation sites (N-methyl/N-ethyl adjacent to an activating group) is 1. The standard InChI is InChI=1S/C19H23FN4O/c1-22(2)18(16-5-3-4-6-17(16)20)19(25)24-13-11-23(12-14-24)15-7-9-21-10-8-15/h3-10,18H,11-14H2,1-2H3/t18-/m1/s1. The van der Waals surface area contributed by atoms with Gasteiger partial charge in [-0.25, -0.2) is 4.39 Å². The number of hydrogen-bond acceptors (Lipinski definition) is 4. The molecule has 1 atom stereocenters. The summed E-state index contributed by atoms with van der Waals surface area (Å²) in [6.07, 6.45) is 3.54. The van der Waals surface area contributed by atoms with E-state index in [1.54, 1.807) is 35.5 Å². The normalized spacial score (nSPS) is 16.2. The lowest BCUT2D eigenvalue weighted by Gasteiger charge is -2.38. The van der Waals surface area contributed by atoms with Gasteiger partial charge in [0, 0.05) is 49.8 Å². The summed E-state index contributed by atoms with van der Waals surface area (Å²) in [5, 5.41) is 0. The molecule has 2 heterocycles. The van der Waals surface area contributed by atoms with E-state index in [9.17, 15) is 9.18 Å². The molecular weight excluding hydrogens is 319 g/mol. The first-order valence-corrected chi connectivity index (χ1v) is 8.42. The lowest BCUT2D eigenvalue weighted by atomic mass is 10.0. The number of carbonyl (C=O) groups is 1. The second kappa shape index (κ2) is 7.61. The van der Waals surface area contributed by atoms with Crippen LogP contribution in [0.4, 0.5) is 10.1 Å². The third-order valence-electron chi connectivity index (χ3n) is 4.57. The molecule has 2 aromatic rings. The fraction of sp³-hybridized carbons (Fsp3) is 0.368. The molecule has 25 heavy (non-hydrogen) atoms. The summed E-state index contributed by atoms with van der Waals surface area (Å²) >= 11 is 0. The predicted octanol–water partition coefficient (Wildman–Crippen LogP) is 2.17. The van der Waals surface area contributed by atoms with Gasteiger partial charge in [-0.05, 0) is 32.3 Å². The van der Waals surface area contributed by atoms with Crippen molar-refractivity contribution in [2.45, 2.75) is 6.04 Å². The number of pyridine rings is 1. The van der Waals surface area contributed by atoms with Crippen molar-refractivity contribution in [3.8, 4) is 0 Å². The molecule has 1 amide bonds. The highest BCUT2D eigenvalue weighted by Crippen LogP contribution is 2.25. The summed E-state index contributed by atoms with van der Waals surface area (Å²) in [5.41, 5.74) is 1.54. The number of carbonyl (C=O) groups excluding carboxylic acids is 1. The van der Waals surface area contributed by atoms with Crippen molar-refractivity contribution in [3.05, 3.63) is 60.2 Å². The van der Waals surface area contributed by atoms with Crippen molar-refractivity contribution in [2.75, 3.05) is 45.2 Å². The Morgan fingerprint density at radius 3 is 2.32 bits per heavy atom. The van der Waals surface area contributed by atoms with Crippen LogP contribution in [0.25, 0.3) is 0 Å². The van der Waals surface area contributed by atoms with Crippen LogP contribution in [0, 0.1) is 5.82 Å². The minimum Gasteiger partial charge on any atom is -0.368 e. The van der Waals surface area contributed by atoms with E-state index in [1.807, 2.05) is 31.1 Å². The molecule has 0 saturated carbocycles. The van der Waals surface area contributed by atoms with E-state index in [2.05, 4.69) is 9.88 Å². The Kier molecular flexibility index (Phi) is 5.28. The fourth-order valence-electron chi connectivity index (χ4n) is 3.24. The number of halogens is 1. The minimum absolute atomic E-state index is 0.0514. The van der Waals surface area contributed by atoms with Gasteiger partial charge in [0.25, 0.3) is 0 Å². The van der Waals surface area contributed by atoms with Crippen LogP contribution in [0.5, 0.6) is 0 Å². The Morgan fingerprint density at radius 2 is 1.72 bits per heavy atom. The van der Waals surface area contributed by atoms with E-state index in [1.165, 1.54) is 6.07 Å². The number of nitrogens with zero attached hydrogens (tertiary/aromatic N) is 4. The van der Waals surface area contributed by atoms with E-state index in [4.69, 9.17) is 0 Å². The molecule has 0 N–H and O–H groups in total. The Hall–Kier alpha value is -2.47. The van der Waals surface area contributed by atoms with Crippen molar-refractivity contribution in [1.29, 1.82) is 0 Å². The molecule has 0 bridgehead atoms. The van der Waals surface area contributed by atoms with Crippen molar-refractivity contribution in [1.82, 2.24) is 14.8 Å². The molecule has 0 aliphatic carbocycles. The third kappa shape index (κ3) is 3.79. The maximum Gasteiger partial charge on any atom is 0.244 e. The van der Waals surface area contributed by atoms with Gasteiger partial charge >= 0.3 is 0 Å². The topological polar surface area (TPSA) is 39.7 Å². The second-order valence-electron chi connectivity index (χ2n) is 6.41. The average molecular weight is 342 g/mol. The number of piperazine rings is 1. The van der Waals surface area contributed by atoms with Crippen LogP contribution in [0.15, 0.2) is 48.8 Å². The lowest BCUT2D eigenvalue weighted by Crippen LogP contribution is -2.51. The molecule has 0 radical (unpaired) electrons. The molecule has 5 nitrogen and oxygen atoms in total. The highest BCUT2D eigenvalue weighted by atomic mass is 19.1. The van der Waals surface area contributed by atoms with Crippen LogP contribution < -0.4 is 4.90 Å². The predicted molar refractivity (Wildman–Crippen MR) is 95.9 cm³/mol. The monoisotopic (exact) mass is 342 g/mol. The Labute approximate surface area is 147 Å². The summed E-state index contributed by atoms with van der Waals surface area (Å²) in [5.74, 6) is -0.394. The number of amides is 1. The molecule has 0 spiro atoms. The Balaban J connectivity index is 1.71. The summed E-state index contributed by atoms with van der Waals surface area (Å²) in [6, 6.07) is 9.84. The molecule has 1 aromatic carbocycles. The molecule has 1 aliphatic heterocycles. The van der Waals surface area contributed by atoms with Crippen LogP contribution in [0.3, 0.4) is 0 Å². The second-order valence-corrected chi connectivity index (χ2v) is 6.41. The molecule has 1 aliphatic rings. The van der Waals surface area contributed by atoms with Gasteiger partial charge in [0.1, 0.15) is 11.9 Å². The maximum absolute atomic E-state index is 14.2. The van der Waals surface area contributed by atoms with E-state index in [0.717, 1.165) is 18.8 Å². The van der Waals surface area contributed by atoms with Crippen LogP contribution in [-0.2, 0) is 4.79 Å². The van der Waals surface area contributed by atoms with Crippen molar-refractivity contribution in [2.24, 2.45) is 0 Å². The molecule has 1 aromatic heterocycles. The Morgan fingerprint density at radius 1 is 1.08 bits per heavy atom. The number of hydrogen-bond donors (Lipinski definition) is 0. The molecule has 1 saturated heterocycles. The average Bonchev–Trinajstić information content (AvgIpc) is 2.64. The highest BCUT2D eigenvalue weighted by molar-refractivity contribution is 5.83. The van der Waals surface area contributed by atoms with Crippen molar-refractivity contribution >= 4 is 11.6 Å². The number of aromatic nitrogens is 1. The Bertz CT molecular complexity index is 714. The van der Waals surface area contributed by atoms with E-state index >= 15 is 0 Å². The molecule has 132 valence electrons. The summed E-state index contributed by atoms with van der Waals surface area (Å²) in [7, 11) is 3.62. The van der Waals surface area contributed by atoms with Gasteiger partial charge in [0.05, 0.1) is 0 Å². The minimum atomic E-state index is -0.603. The maximum atomic E-state index is 14.2. The first-order valence-electron chi connectivity index (χ1n) is 8.42. The smallest absolute Gasteiger partial charge is 0.244 e. The quantitative estimate of drug-likeness (QED) is 0.854. The summed E-state index contributed by atoms with van der Waals surface area (Å²) < 4.78 is 14.2.